The first kappa shape index (κ1) is 19.9. The van der Waals surface area contributed by atoms with Crippen LogP contribution < -0.4 is 16.4 Å². The van der Waals surface area contributed by atoms with Gasteiger partial charge in [-0.05, 0) is 36.8 Å². The SMILES string of the molecule is CCOC(=O)NCc1ccc(C(=O)Nc2nc(-c3ccccc3)ccc2N)cc1. The minimum atomic E-state index is -0.478. The second-order valence-corrected chi connectivity index (χ2v) is 6.23. The van der Waals surface area contributed by atoms with Gasteiger partial charge >= 0.3 is 6.09 Å². The summed E-state index contributed by atoms with van der Waals surface area (Å²) in [6, 6.07) is 20.0. The maximum atomic E-state index is 12.6. The third-order valence-corrected chi connectivity index (χ3v) is 4.16. The molecule has 2 aromatic carbocycles. The van der Waals surface area contributed by atoms with Crippen LogP contribution in [0.1, 0.15) is 22.8 Å². The van der Waals surface area contributed by atoms with E-state index in [4.69, 9.17) is 10.5 Å². The standard InChI is InChI=1S/C22H22N4O3/c1-2-29-22(28)24-14-15-8-10-17(11-9-15)21(27)26-20-18(23)12-13-19(25-20)16-6-4-3-5-7-16/h3-13H,2,14,23H2,1H3,(H,24,28)(H,25,26,27). The van der Waals surface area contributed by atoms with Crippen molar-refractivity contribution in [1.82, 2.24) is 10.3 Å². The van der Waals surface area contributed by atoms with Crippen molar-refractivity contribution in [2.75, 3.05) is 17.7 Å². The van der Waals surface area contributed by atoms with Gasteiger partial charge in [0.1, 0.15) is 0 Å². The summed E-state index contributed by atoms with van der Waals surface area (Å²) in [5.41, 5.74) is 9.31. The van der Waals surface area contributed by atoms with Gasteiger partial charge < -0.3 is 21.1 Å². The van der Waals surface area contributed by atoms with Crippen molar-refractivity contribution in [3.8, 4) is 11.3 Å². The molecule has 0 aliphatic rings. The lowest BCUT2D eigenvalue weighted by Crippen LogP contribution is -2.23. The Hall–Kier alpha value is -3.87. The fourth-order valence-corrected chi connectivity index (χ4v) is 2.65. The molecule has 0 saturated heterocycles. The normalized spacial score (nSPS) is 10.2. The van der Waals surface area contributed by atoms with Crippen molar-refractivity contribution >= 4 is 23.5 Å². The highest BCUT2D eigenvalue weighted by molar-refractivity contribution is 6.05. The minimum absolute atomic E-state index is 0.310. The Labute approximate surface area is 168 Å². The van der Waals surface area contributed by atoms with E-state index in [1.165, 1.54) is 0 Å². The number of alkyl carbamates (subject to hydrolysis) is 1. The lowest BCUT2D eigenvalue weighted by Gasteiger charge is -2.10. The molecule has 4 N–H and O–H groups in total. The number of pyridine rings is 1. The van der Waals surface area contributed by atoms with Gasteiger partial charge in [0.2, 0.25) is 0 Å². The van der Waals surface area contributed by atoms with Gasteiger partial charge in [-0.15, -0.1) is 0 Å². The molecule has 0 saturated carbocycles. The highest BCUT2D eigenvalue weighted by Gasteiger charge is 2.11. The molecule has 148 valence electrons. The number of hydrogen-bond acceptors (Lipinski definition) is 5. The number of ether oxygens (including phenoxy) is 1. The van der Waals surface area contributed by atoms with Crippen LogP contribution in [0, 0.1) is 0 Å². The molecule has 2 amide bonds. The fourth-order valence-electron chi connectivity index (χ4n) is 2.65. The van der Waals surface area contributed by atoms with Crippen molar-refractivity contribution in [3.63, 3.8) is 0 Å². The van der Waals surface area contributed by atoms with Crippen LogP contribution in [-0.2, 0) is 11.3 Å². The Balaban J connectivity index is 1.68. The predicted molar refractivity (Wildman–Crippen MR) is 112 cm³/mol. The zero-order valence-corrected chi connectivity index (χ0v) is 16.0. The number of carbonyl (C=O) groups excluding carboxylic acids is 2. The molecular formula is C22H22N4O3. The molecule has 0 fully saturated rings. The summed E-state index contributed by atoms with van der Waals surface area (Å²) in [6.07, 6.45) is -0.478. The van der Waals surface area contributed by atoms with Crippen molar-refractivity contribution < 1.29 is 14.3 Å². The second-order valence-electron chi connectivity index (χ2n) is 6.23. The van der Waals surface area contributed by atoms with E-state index >= 15 is 0 Å². The van der Waals surface area contributed by atoms with Crippen LogP contribution in [0.3, 0.4) is 0 Å². The lowest BCUT2D eigenvalue weighted by molar-refractivity contribution is 0.102. The largest absolute Gasteiger partial charge is 0.450 e. The Morgan fingerprint density at radius 2 is 1.72 bits per heavy atom. The first-order chi connectivity index (χ1) is 14.1. The van der Waals surface area contributed by atoms with Gasteiger partial charge in [-0.2, -0.15) is 0 Å². The number of aromatic nitrogens is 1. The molecule has 0 atom stereocenters. The summed E-state index contributed by atoms with van der Waals surface area (Å²) in [6.45, 7) is 2.37. The molecule has 3 aromatic rings. The molecule has 0 radical (unpaired) electrons. The monoisotopic (exact) mass is 390 g/mol. The topological polar surface area (TPSA) is 106 Å². The number of nitrogen functional groups attached to an aromatic ring is 1. The van der Waals surface area contributed by atoms with Crippen molar-refractivity contribution in [3.05, 3.63) is 77.9 Å². The van der Waals surface area contributed by atoms with Crippen LogP contribution in [0.5, 0.6) is 0 Å². The van der Waals surface area contributed by atoms with Crippen molar-refractivity contribution in [1.29, 1.82) is 0 Å². The number of nitrogens with zero attached hydrogens (tertiary/aromatic N) is 1. The number of benzene rings is 2. The predicted octanol–water partition coefficient (Wildman–Crippen LogP) is 3.83. The minimum Gasteiger partial charge on any atom is -0.450 e. The Kier molecular flexibility index (Phi) is 6.42. The first-order valence-electron chi connectivity index (χ1n) is 9.19. The Morgan fingerprint density at radius 3 is 2.41 bits per heavy atom. The van der Waals surface area contributed by atoms with E-state index in [1.807, 2.05) is 36.4 Å². The number of amides is 2. The van der Waals surface area contributed by atoms with E-state index in [1.54, 1.807) is 37.3 Å². The van der Waals surface area contributed by atoms with Crippen LogP contribution >= 0.6 is 0 Å². The molecule has 7 nitrogen and oxygen atoms in total. The fraction of sp³-hybridized carbons (Fsp3) is 0.136. The molecule has 0 aliphatic carbocycles. The quantitative estimate of drug-likeness (QED) is 0.593. The zero-order chi connectivity index (χ0) is 20.6. The van der Waals surface area contributed by atoms with E-state index in [9.17, 15) is 9.59 Å². The van der Waals surface area contributed by atoms with Gasteiger partial charge in [0.05, 0.1) is 18.0 Å². The van der Waals surface area contributed by atoms with Crippen molar-refractivity contribution in [2.24, 2.45) is 0 Å². The average Bonchev–Trinajstić information content (AvgIpc) is 2.75. The zero-order valence-electron chi connectivity index (χ0n) is 16.0. The summed E-state index contributed by atoms with van der Waals surface area (Å²) in [4.78, 5) is 28.4. The van der Waals surface area contributed by atoms with Crippen LogP contribution in [0.2, 0.25) is 0 Å². The maximum absolute atomic E-state index is 12.6. The summed E-state index contributed by atoms with van der Waals surface area (Å²) < 4.78 is 4.81. The van der Waals surface area contributed by atoms with Gasteiger partial charge in [-0.25, -0.2) is 9.78 Å². The van der Waals surface area contributed by atoms with Gasteiger partial charge in [0.25, 0.3) is 5.91 Å². The van der Waals surface area contributed by atoms with Crippen LogP contribution in [0.25, 0.3) is 11.3 Å². The average molecular weight is 390 g/mol. The van der Waals surface area contributed by atoms with E-state index in [0.29, 0.717) is 30.2 Å². The third-order valence-electron chi connectivity index (χ3n) is 4.16. The number of nitrogens with two attached hydrogens (primary N) is 1. The number of hydrogen-bond donors (Lipinski definition) is 3. The number of anilines is 2. The van der Waals surface area contributed by atoms with E-state index in [0.717, 1.165) is 16.8 Å². The highest BCUT2D eigenvalue weighted by Crippen LogP contribution is 2.23. The summed E-state index contributed by atoms with van der Waals surface area (Å²) in [5.74, 6) is -0.0104. The van der Waals surface area contributed by atoms with Gasteiger partial charge in [0, 0.05) is 17.7 Å². The summed E-state index contributed by atoms with van der Waals surface area (Å²) in [7, 11) is 0. The van der Waals surface area contributed by atoms with E-state index in [2.05, 4.69) is 15.6 Å². The van der Waals surface area contributed by atoms with Gasteiger partial charge in [-0.1, -0.05) is 42.5 Å². The first-order valence-corrected chi connectivity index (χ1v) is 9.19. The van der Waals surface area contributed by atoms with Crippen molar-refractivity contribution in [2.45, 2.75) is 13.5 Å². The molecule has 1 heterocycles. The molecule has 7 heteroatoms. The van der Waals surface area contributed by atoms with Crippen LogP contribution in [-0.4, -0.2) is 23.6 Å². The Morgan fingerprint density at radius 1 is 1.00 bits per heavy atom. The van der Waals surface area contributed by atoms with Gasteiger partial charge in [0.15, 0.2) is 5.82 Å². The molecule has 0 aliphatic heterocycles. The third kappa shape index (κ3) is 5.32. The number of carbonyl (C=O) groups is 2. The molecule has 1 aromatic heterocycles. The number of nitrogens with one attached hydrogen (secondary N) is 2. The molecule has 3 rings (SSSR count). The summed E-state index contributed by atoms with van der Waals surface area (Å²) >= 11 is 0. The van der Waals surface area contributed by atoms with Gasteiger partial charge in [-0.3, -0.25) is 4.79 Å². The van der Waals surface area contributed by atoms with Crippen LogP contribution in [0.15, 0.2) is 66.7 Å². The smallest absolute Gasteiger partial charge is 0.407 e. The van der Waals surface area contributed by atoms with E-state index < -0.39 is 6.09 Å². The summed E-state index contributed by atoms with van der Waals surface area (Å²) in [5, 5.41) is 5.39. The second kappa shape index (κ2) is 9.36. The van der Waals surface area contributed by atoms with E-state index in [-0.39, 0.29) is 5.91 Å². The Bertz CT molecular complexity index is 989. The molecule has 0 bridgehead atoms. The number of rotatable bonds is 6. The lowest BCUT2D eigenvalue weighted by atomic mass is 10.1. The molecule has 0 unspecified atom stereocenters. The highest BCUT2D eigenvalue weighted by atomic mass is 16.5. The van der Waals surface area contributed by atoms with Crippen LogP contribution in [0.4, 0.5) is 16.3 Å². The molecule has 29 heavy (non-hydrogen) atoms. The molecule has 0 spiro atoms. The maximum Gasteiger partial charge on any atom is 0.407 e. The molecular weight excluding hydrogens is 368 g/mol.